The van der Waals surface area contributed by atoms with Crippen molar-refractivity contribution in [2.75, 3.05) is 4.90 Å². The number of nitrogens with zero attached hydrogens (tertiary/aromatic N) is 1. The Morgan fingerprint density at radius 3 is 1.37 bits per heavy atom. The van der Waals surface area contributed by atoms with Crippen molar-refractivity contribution in [3.63, 3.8) is 0 Å². The van der Waals surface area contributed by atoms with Crippen molar-refractivity contribution in [2.24, 2.45) is 0 Å². The van der Waals surface area contributed by atoms with Gasteiger partial charge in [0.2, 0.25) is 0 Å². The summed E-state index contributed by atoms with van der Waals surface area (Å²) in [6.07, 6.45) is 0. The maximum atomic E-state index is 14.3. The predicted molar refractivity (Wildman–Crippen MR) is 183 cm³/mol. The van der Waals surface area contributed by atoms with E-state index in [-0.39, 0.29) is 11.6 Å². The van der Waals surface area contributed by atoms with Crippen molar-refractivity contribution in [1.29, 1.82) is 0 Å². The van der Waals surface area contributed by atoms with Crippen molar-refractivity contribution in [3.05, 3.63) is 198 Å². The standard InChI is InChI=1S/C43H27F2N/c44-29-19-17-28(18-20-29)33-9-4-8-16-42(33)46(31-23-21-30(45)22-24-31)32-25-26-37-36-12-3-7-15-40(36)43(41(37)27-32)38-13-5-1-10-34(38)35-11-2-6-14-39(35)43/h1-27H. The molecule has 0 saturated carbocycles. The molecule has 9 rings (SSSR count). The minimum absolute atomic E-state index is 0.280. The van der Waals surface area contributed by atoms with Crippen LogP contribution in [0.4, 0.5) is 25.8 Å². The summed E-state index contributed by atoms with van der Waals surface area (Å²) >= 11 is 0. The fourth-order valence-electron chi connectivity index (χ4n) is 7.78. The molecule has 7 aromatic rings. The highest BCUT2D eigenvalue weighted by Crippen LogP contribution is 2.63. The lowest BCUT2D eigenvalue weighted by atomic mass is 9.70. The van der Waals surface area contributed by atoms with Gasteiger partial charge in [-0.3, -0.25) is 0 Å². The molecule has 7 aromatic carbocycles. The smallest absolute Gasteiger partial charge is 0.123 e. The van der Waals surface area contributed by atoms with Crippen LogP contribution in [0, 0.1) is 11.6 Å². The number of benzene rings is 7. The third kappa shape index (κ3) is 3.72. The number of rotatable bonds is 4. The van der Waals surface area contributed by atoms with Crippen LogP contribution in [0.15, 0.2) is 164 Å². The molecule has 1 spiro atoms. The van der Waals surface area contributed by atoms with E-state index in [0.29, 0.717) is 0 Å². The summed E-state index contributed by atoms with van der Waals surface area (Å²) in [6.45, 7) is 0. The molecule has 0 bridgehead atoms. The molecule has 0 saturated heterocycles. The van der Waals surface area contributed by atoms with Crippen LogP contribution in [0.2, 0.25) is 0 Å². The Labute approximate surface area is 266 Å². The number of hydrogen-bond acceptors (Lipinski definition) is 1. The van der Waals surface area contributed by atoms with Crippen LogP contribution in [-0.4, -0.2) is 0 Å². The lowest BCUT2D eigenvalue weighted by Crippen LogP contribution is -2.26. The van der Waals surface area contributed by atoms with Crippen LogP contribution in [0.5, 0.6) is 0 Å². The molecular formula is C43H27F2N. The van der Waals surface area contributed by atoms with Crippen molar-refractivity contribution in [3.8, 4) is 33.4 Å². The number of fused-ring (bicyclic) bond motifs is 10. The fourth-order valence-corrected chi connectivity index (χ4v) is 7.78. The van der Waals surface area contributed by atoms with Gasteiger partial charge in [-0.05, 0) is 105 Å². The maximum Gasteiger partial charge on any atom is 0.123 e. The molecule has 2 aliphatic rings. The first-order valence-electron chi connectivity index (χ1n) is 15.5. The highest BCUT2D eigenvalue weighted by atomic mass is 19.1. The molecule has 0 radical (unpaired) electrons. The second kappa shape index (κ2) is 10.1. The third-order valence-electron chi connectivity index (χ3n) is 9.62. The van der Waals surface area contributed by atoms with Crippen molar-refractivity contribution in [1.82, 2.24) is 0 Å². The summed E-state index contributed by atoms with van der Waals surface area (Å²) in [5, 5.41) is 0. The molecule has 0 aliphatic heterocycles. The molecule has 0 fully saturated rings. The summed E-state index contributed by atoms with van der Waals surface area (Å²) < 4.78 is 28.3. The Morgan fingerprint density at radius 1 is 0.370 bits per heavy atom. The van der Waals surface area contributed by atoms with E-state index in [9.17, 15) is 8.78 Å². The van der Waals surface area contributed by atoms with Gasteiger partial charge >= 0.3 is 0 Å². The number of anilines is 3. The molecule has 1 nitrogen and oxygen atoms in total. The van der Waals surface area contributed by atoms with E-state index in [0.717, 1.165) is 28.2 Å². The zero-order valence-electron chi connectivity index (χ0n) is 24.8. The quantitative estimate of drug-likeness (QED) is 0.196. The first-order valence-corrected chi connectivity index (χ1v) is 15.5. The Kier molecular flexibility index (Phi) is 5.85. The van der Waals surface area contributed by atoms with E-state index >= 15 is 0 Å². The monoisotopic (exact) mass is 595 g/mol. The molecule has 0 atom stereocenters. The highest BCUT2D eigenvalue weighted by Gasteiger charge is 2.51. The van der Waals surface area contributed by atoms with Crippen LogP contribution in [0.1, 0.15) is 22.3 Å². The number of hydrogen-bond donors (Lipinski definition) is 0. The topological polar surface area (TPSA) is 3.24 Å². The van der Waals surface area contributed by atoms with Gasteiger partial charge in [0.25, 0.3) is 0 Å². The highest BCUT2D eigenvalue weighted by molar-refractivity contribution is 5.97. The zero-order chi connectivity index (χ0) is 30.8. The van der Waals surface area contributed by atoms with Gasteiger partial charge in [0.15, 0.2) is 0 Å². The van der Waals surface area contributed by atoms with Crippen LogP contribution in [-0.2, 0) is 5.41 Å². The van der Waals surface area contributed by atoms with Gasteiger partial charge < -0.3 is 4.90 Å². The van der Waals surface area contributed by atoms with Crippen LogP contribution in [0.3, 0.4) is 0 Å². The van der Waals surface area contributed by atoms with Crippen molar-refractivity contribution < 1.29 is 8.78 Å². The molecule has 3 heteroatoms. The average Bonchev–Trinajstić information content (AvgIpc) is 3.57. The van der Waals surface area contributed by atoms with Crippen molar-refractivity contribution >= 4 is 17.1 Å². The molecule has 218 valence electrons. The van der Waals surface area contributed by atoms with Gasteiger partial charge in [-0.2, -0.15) is 0 Å². The number of halogens is 2. The maximum absolute atomic E-state index is 14.3. The third-order valence-corrected chi connectivity index (χ3v) is 9.62. The minimum atomic E-state index is -0.486. The second-order valence-corrected chi connectivity index (χ2v) is 12.0. The number of para-hydroxylation sites is 1. The molecule has 0 aromatic heterocycles. The summed E-state index contributed by atoms with van der Waals surface area (Å²) in [4.78, 5) is 2.18. The molecule has 0 amide bonds. The summed E-state index contributed by atoms with van der Waals surface area (Å²) in [5.41, 5.74) is 14.0. The lowest BCUT2D eigenvalue weighted by Gasteiger charge is -2.32. The van der Waals surface area contributed by atoms with Crippen LogP contribution >= 0.6 is 0 Å². The van der Waals surface area contributed by atoms with E-state index in [2.05, 4.69) is 102 Å². The molecule has 46 heavy (non-hydrogen) atoms. The molecule has 0 N–H and O–H groups in total. The Hall–Kier alpha value is -5.80. The van der Waals surface area contributed by atoms with Crippen LogP contribution < -0.4 is 4.90 Å². The van der Waals surface area contributed by atoms with E-state index < -0.39 is 5.41 Å². The van der Waals surface area contributed by atoms with Crippen LogP contribution in [0.25, 0.3) is 33.4 Å². The average molecular weight is 596 g/mol. The van der Waals surface area contributed by atoms with Gasteiger partial charge in [-0.1, -0.05) is 109 Å². The SMILES string of the molecule is Fc1ccc(-c2ccccc2N(c2ccc(F)cc2)c2ccc3c(c2)C2(c4ccccc4-c4ccccc42)c2ccccc2-3)cc1. The summed E-state index contributed by atoms with van der Waals surface area (Å²) in [7, 11) is 0. The van der Waals surface area contributed by atoms with Gasteiger partial charge in [-0.25, -0.2) is 8.78 Å². The molecule has 0 unspecified atom stereocenters. The van der Waals surface area contributed by atoms with E-state index in [4.69, 9.17) is 0 Å². The Morgan fingerprint density at radius 2 is 0.804 bits per heavy atom. The minimum Gasteiger partial charge on any atom is -0.310 e. The summed E-state index contributed by atoms with van der Waals surface area (Å²) in [6, 6.07) is 54.3. The molecular weight excluding hydrogens is 568 g/mol. The van der Waals surface area contributed by atoms with E-state index in [1.54, 1.807) is 12.1 Å². The zero-order valence-corrected chi connectivity index (χ0v) is 24.8. The lowest BCUT2D eigenvalue weighted by molar-refractivity contribution is 0.627. The summed E-state index contributed by atoms with van der Waals surface area (Å²) in [5.74, 6) is -0.574. The second-order valence-electron chi connectivity index (χ2n) is 12.0. The van der Waals surface area contributed by atoms with Gasteiger partial charge in [0.05, 0.1) is 11.1 Å². The largest absolute Gasteiger partial charge is 0.310 e. The van der Waals surface area contributed by atoms with E-state index in [1.807, 2.05) is 30.3 Å². The molecule has 0 heterocycles. The first-order chi connectivity index (χ1) is 22.6. The Balaban J connectivity index is 1.34. The van der Waals surface area contributed by atoms with E-state index in [1.165, 1.54) is 68.8 Å². The van der Waals surface area contributed by atoms with Gasteiger partial charge in [0.1, 0.15) is 11.6 Å². The Bertz CT molecular complexity index is 2220. The first kappa shape index (κ1) is 26.6. The predicted octanol–water partition coefficient (Wildman–Crippen LogP) is 11.4. The molecule has 2 aliphatic carbocycles. The normalized spacial score (nSPS) is 13.2. The fraction of sp³-hybridized carbons (Fsp3) is 0.0233. The van der Waals surface area contributed by atoms with Gasteiger partial charge in [-0.15, -0.1) is 0 Å². The van der Waals surface area contributed by atoms with Crippen molar-refractivity contribution in [2.45, 2.75) is 5.41 Å². The van der Waals surface area contributed by atoms with Gasteiger partial charge in [0, 0.05) is 16.9 Å².